The van der Waals surface area contributed by atoms with Crippen molar-refractivity contribution in [1.82, 2.24) is 0 Å². The van der Waals surface area contributed by atoms with Gasteiger partial charge >= 0.3 is 0 Å². The zero-order chi connectivity index (χ0) is 12.3. The monoisotopic (exact) mass is 246 g/mol. The molecule has 1 amide bonds. The van der Waals surface area contributed by atoms with E-state index in [4.69, 9.17) is 10.9 Å². The zero-order valence-electron chi connectivity index (χ0n) is 8.26. The fourth-order valence-electron chi connectivity index (χ4n) is 1.26. The molecule has 0 aliphatic rings. The van der Waals surface area contributed by atoms with Crippen molar-refractivity contribution in [2.24, 2.45) is 10.9 Å². The largest absolute Gasteiger partial charge is 0.368 e. The molecule has 1 aromatic rings. The van der Waals surface area contributed by atoms with Gasteiger partial charge < -0.3 is 5.73 Å². The Hall–Kier alpha value is -1.47. The van der Waals surface area contributed by atoms with Crippen LogP contribution in [0.5, 0.6) is 0 Å². The summed E-state index contributed by atoms with van der Waals surface area (Å²) in [5.74, 6) is -1.57. The molecule has 0 heterocycles. The summed E-state index contributed by atoms with van der Waals surface area (Å²) in [7, 11) is -4.07. The fraction of sp³-hybridized carbons (Fsp3) is 0.222. The number of halogens is 1. The maximum atomic E-state index is 12.8. The number of hydrogen-bond acceptors (Lipinski definition) is 3. The molecule has 1 atom stereocenters. The average Bonchev–Trinajstić information content (AvgIpc) is 2.12. The van der Waals surface area contributed by atoms with Gasteiger partial charge in [-0.2, -0.15) is 0 Å². The molecule has 0 aliphatic heterocycles. The van der Waals surface area contributed by atoms with Gasteiger partial charge in [-0.1, -0.05) is 12.1 Å². The predicted octanol–water partition coefficient (Wildman–Crippen LogP) is -0.489. The minimum Gasteiger partial charge on any atom is -0.368 e. The molecular weight excluding hydrogens is 235 g/mol. The van der Waals surface area contributed by atoms with Crippen LogP contribution in [-0.4, -0.2) is 19.6 Å². The number of hydrogen-bond donors (Lipinski definition) is 2. The highest BCUT2D eigenvalue weighted by Gasteiger charge is 2.27. The maximum absolute atomic E-state index is 12.8. The summed E-state index contributed by atoms with van der Waals surface area (Å²) >= 11 is 0. The summed E-state index contributed by atoms with van der Waals surface area (Å²) in [5.41, 5.74) is 5.26. The van der Waals surface area contributed by atoms with E-state index >= 15 is 0 Å². The highest BCUT2D eigenvalue weighted by Crippen LogP contribution is 2.09. The van der Waals surface area contributed by atoms with Crippen molar-refractivity contribution >= 4 is 15.9 Å². The highest BCUT2D eigenvalue weighted by molar-refractivity contribution is 7.90. The van der Waals surface area contributed by atoms with Gasteiger partial charge in [0.2, 0.25) is 15.9 Å². The van der Waals surface area contributed by atoms with Gasteiger partial charge in [0.1, 0.15) is 5.82 Å². The van der Waals surface area contributed by atoms with Crippen LogP contribution in [-0.2, 0) is 21.2 Å². The Kier molecular flexibility index (Phi) is 3.61. The van der Waals surface area contributed by atoms with E-state index in [1.54, 1.807) is 0 Å². The summed E-state index contributed by atoms with van der Waals surface area (Å²) in [4.78, 5) is 10.9. The first-order valence-corrected chi connectivity index (χ1v) is 5.97. The molecule has 88 valence electrons. The summed E-state index contributed by atoms with van der Waals surface area (Å²) in [6, 6.07) is 5.23. The lowest BCUT2D eigenvalue weighted by Crippen LogP contribution is -2.41. The third-order valence-corrected chi connectivity index (χ3v) is 3.22. The van der Waals surface area contributed by atoms with E-state index in [1.807, 2.05) is 0 Å². The van der Waals surface area contributed by atoms with Crippen LogP contribution in [0.4, 0.5) is 4.39 Å². The van der Waals surface area contributed by atoms with Crippen molar-refractivity contribution in [3.63, 3.8) is 0 Å². The van der Waals surface area contributed by atoms with E-state index in [0.717, 1.165) is 6.07 Å². The SMILES string of the molecule is NC(=O)C(Cc1cccc(F)c1)S(N)(=O)=O. The number of benzene rings is 1. The Morgan fingerprint density at radius 2 is 2.06 bits per heavy atom. The first kappa shape index (κ1) is 12.6. The lowest BCUT2D eigenvalue weighted by molar-refractivity contribution is -0.117. The number of nitrogens with two attached hydrogens (primary N) is 2. The Balaban J connectivity index is 2.98. The number of rotatable bonds is 4. The van der Waals surface area contributed by atoms with Crippen LogP contribution in [0.25, 0.3) is 0 Å². The summed E-state index contributed by atoms with van der Waals surface area (Å²) in [6.07, 6.45) is -0.230. The number of carbonyl (C=O) groups excluding carboxylic acids is 1. The van der Waals surface area contributed by atoms with E-state index in [-0.39, 0.29) is 6.42 Å². The van der Waals surface area contributed by atoms with Gasteiger partial charge in [0.05, 0.1) is 0 Å². The lowest BCUT2D eigenvalue weighted by atomic mass is 10.1. The zero-order valence-corrected chi connectivity index (χ0v) is 9.08. The Morgan fingerprint density at radius 1 is 1.44 bits per heavy atom. The Bertz CT molecular complexity index is 501. The molecular formula is C9H11FN2O3S. The predicted molar refractivity (Wildman–Crippen MR) is 56.2 cm³/mol. The normalized spacial score (nSPS) is 13.4. The van der Waals surface area contributed by atoms with Crippen molar-refractivity contribution in [3.05, 3.63) is 35.6 Å². The minimum absolute atomic E-state index is 0.230. The van der Waals surface area contributed by atoms with Gasteiger partial charge in [0.25, 0.3) is 0 Å². The standard InChI is InChI=1S/C9H11FN2O3S/c10-7-3-1-2-6(4-7)5-8(9(11)13)16(12,14)15/h1-4,8H,5H2,(H2,11,13)(H2,12,14,15). The average molecular weight is 246 g/mol. The molecule has 1 unspecified atom stereocenters. The van der Waals surface area contributed by atoms with Gasteiger partial charge in [0, 0.05) is 0 Å². The van der Waals surface area contributed by atoms with Gasteiger partial charge in [0.15, 0.2) is 5.25 Å². The molecule has 0 saturated carbocycles. The van der Waals surface area contributed by atoms with Gasteiger partial charge in [-0.15, -0.1) is 0 Å². The molecule has 1 aromatic carbocycles. The highest BCUT2D eigenvalue weighted by atomic mass is 32.2. The molecule has 0 bridgehead atoms. The van der Waals surface area contributed by atoms with E-state index < -0.39 is 27.0 Å². The van der Waals surface area contributed by atoms with Crippen molar-refractivity contribution < 1.29 is 17.6 Å². The van der Waals surface area contributed by atoms with Crippen molar-refractivity contribution in [1.29, 1.82) is 0 Å². The van der Waals surface area contributed by atoms with E-state index in [9.17, 15) is 17.6 Å². The van der Waals surface area contributed by atoms with Crippen LogP contribution in [0.1, 0.15) is 5.56 Å². The van der Waals surface area contributed by atoms with Gasteiger partial charge in [-0.05, 0) is 24.1 Å². The second-order valence-electron chi connectivity index (χ2n) is 3.31. The summed E-state index contributed by atoms with van der Waals surface area (Å²) in [5, 5.41) is 3.31. The molecule has 5 nitrogen and oxygen atoms in total. The molecule has 7 heteroatoms. The first-order valence-electron chi connectivity index (χ1n) is 4.36. The van der Waals surface area contributed by atoms with Crippen LogP contribution in [0.2, 0.25) is 0 Å². The number of primary amides is 1. The maximum Gasteiger partial charge on any atom is 0.237 e. The molecule has 0 aliphatic carbocycles. The van der Waals surface area contributed by atoms with E-state index in [2.05, 4.69) is 0 Å². The van der Waals surface area contributed by atoms with Crippen LogP contribution >= 0.6 is 0 Å². The molecule has 1 rings (SSSR count). The quantitative estimate of drug-likeness (QED) is 0.749. The molecule has 0 fully saturated rings. The van der Waals surface area contributed by atoms with E-state index in [0.29, 0.717) is 5.56 Å². The summed E-state index contributed by atoms with van der Waals surface area (Å²) < 4.78 is 34.9. The smallest absolute Gasteiger partial charge is 0.237 e. The van der Waals surface area contributed by atoms with Crippen LogP contribution < -0.4 is 10.9 Å². The number of carbonyl (C=O) groups is 1. The van der Waals surface area contributed by atoms with Crippen LogP contribution in [0, 0.1) is 5.82 Å². The van der Waals surface area contributed by atoms with Crippen LogP contribution in [0.15, 0.2) is 24.3 Å². The van der Waals surface area contributed by atoms with Crippen LogP contribution in [0.3, 0.4) is 0 Å². The van der Waals surface area contributed by atoms with Crippen molar-refractivity contribution in [2.75, 3.05) is 0 Å². The topological polar surface area (TPSA) is 103 Å². The van der Waals surface area contributed by atoms with Gasteiger partial charge in [-0.3, -0.25) is 4.79 Å². The number of amides is 1. The second-order valence-corrected chi connectivity index (χ2v) is 5.06. The third-order valence-electron chi connectivity index (χ3n) is 2.02. The van der Waals surface area contributed by atoms with E-state index in [1.165, 1.54) is 18.2 Å². The minimum atomic E-state index is -4.07. The molecule has 16 heavy (non-hydrogen) atoms. The lowest BCUT2D eigenvalue weighted by Gasteiger charge is -2.10. The molecule has 0 spiro atoms. The Labute approximate surface area is 92.3 Å². The van der Waals surface area contributed by atoms with Gasteiger partial charge in [-0.25, -0.2) is 17.9 Å². The molecule has 0 saturated heterocycles. The third kappa shape index (κ3) is 3.28. The first-order chi connectivity index (χ1) is 7.30. The number of primary sulfonamides is 1. The summed E-state index contributed by atoms with van der Waals surface area (Å²) in [6.45, 7) is 0. The molecule has 0 radical (unpaired) electrons. The van der Waals surface area contributed by atoms with Crippen molar-refractivity contribution in [2.45, 2.75) is 11.7 Å². The fourth-order valence-corrected chi connectivity index (χ4v) is 2.01. The molecule has 4 N–H and O–H groups in total. The Morgan fingerprint density at radius 3 is 2.50 bits per heavy atom. The molecule has 0 aromatic heterocycles. The second kappa shape index (κ2) is 4.58. The van der Waals surface area contributed by atoms with Crippen molar-refractivity contribution in [3.8, 4) is 0 Å². The number of sulfonamides is 1.